The van der Waals surface area contributed by atoms with Crippen LogP contribution in [0.3, 0.4) is 0 Å². The summed E-state index contributed by atoms with van der Waals surface area (Å²) in [5.74, 6) is -0.151. The smallest absolute Gasteiger partial charge is 0.326 e. The largest absolute Gasteiger partial charge is 0.335 e. The van der Waals surface area contributed by atoms with Crippen molar-refractivity contribution in [3.05, 3.63) is 39.6 Å². The fraction of sp³-hybridized carbons (Fsp3) is 0.455. The number of nitrogens with zero attached hydrogens (tertiary/aromatic N) is 2. The first-order valence-corrected chi connectivity index (χ1v) is 11.1. The topological polar surface area (TPSA) is 64.7 Å². The predicted molar refractivity (Wildman–Crippen MR) is 116 cm³/mol. The molecule has 7 heteroatoms. The molecule has 5 rings (SSSR count). The molecule has 1 aromatic heterocycles. The van der Waals surface area contributed by atoms with E-state index in [0.29, 0.717) is 34.7 Å². The third kappa shape index (κ3) is 2.95. The molecule has 2 bridgehead atoms. The molecule has 0 radical (unpaired) electrons. The number of piperidine rings is 1. The van der Waals surface area contributed by atoms with Crippen molar-refractivity contribution in [2.75, 3.05) is 17.3 Å². The number of anilines is 3. The second-order valence-corrected chi connectivity index (χ2v) is 9.84. The lowest BCUT2D eigenvalue weighted by Crippen LogP contribution is -2.51. The fourth-order valence-corrected chi connectivity index (χ4v) is 6.31. The number of rotatable bonds is 1. The third-order valence-corrected chi connectivity index (χ3v) is 7.71. The maximum Gasteiger partial charge on any atom is 0.326 e. The molecule has 29 heavy (non-hydrogen) atoms. The van der Waals surface area contributed by atoms with Gasteiger partial charge in [-0.2, -0.15) is 0 Å². The van der Waals surface area contributed by atoms with Crippen molar-refractivity contribution in [1.82, 2.24) is 10.2 Å². The summed E-state index contributed by atoms with van der Waals surface area (Å²) < 4.78 is 0. The molecule has 2 aromatic rings. The highest BCUT2D eigenvalue weighted by atomic mass is 32.1. The van der Waals surface area contributed by atoms with Crippen LogP contribution in [0.5, 0.6) is 0 Å². The van der Waals surface area contributed by atoms with Crippen LogP contribution in [-0.2, 0) is 0 Å². The molecular weight excluding hydrogens is 384 g/mol. The number of carbonyl (C=O) groups excluding carboxylic acids is 2. The highest BCUT2D eigenvalue weighted by Crippen LogP contribution is 2.44. The van der Waals surface area contributed by atoms with Crippen LogP contribution in [0.15, 0.2) is 24.3 Å². The Labute approximate surface area is 174 Å². The summed E-state index contributed by atoms with van der Waals surface area (Å²) in [4.78, 5) is 32.6. The Morgan fingerprint density at radius 1 is 1.14 bits per heavy atom. The van der Waals surface area contributed by atoms with Gasteiger partial charge in [-0.1, -0.05) is 12.1 Å². The molecule has 6 nitrogen and oxygen atoms in total. The van der Waals surface area contributed by atoms with Gasteiger partial charge in [0.2, 0.25) is 0 Å². The zero-order valence-corrected chi connectivity index (χ0v) is 17.8. The van der Waals surface area contributed by atoms with E-state index in [9.17, 15) is 9.59 Å². The van der Waals surface area contributed by atoms with Gasteiger partial charge in [-0.3, -0.25) is 9.69 Å². The first kappa shape index (κ1) is 18.6. The molecule has 3 amide bonds. The first-order valence-electron chi connectivity index (χ1n) is 10.3. The Bertz CT molecular complexity index is 987. The van der Waals surface area contributed by atoms with Gasteiger partial charge in [0.05, 0.1) is 22.6 Å². The van der Waals surface area contributed by atoms with E-state index in [1.807, 2.05) is 38.1 Å². The average molecular weight is 411 g/mol. The normalized spacial score (nSPS) is 25.8. The number of amides is 3. The minimum absolute atomic E-state index is 0.148. The maximum atomic E-state index is 13.6. The van der Waals surface area contributed by atoms with E-state index in [4.69, 9.17) is 0 Å². The van der Waals surface area contributed by atoms with Gasteiger partial charge in [0.15, 0.2) is 0 Å². The van der Waals surface area contributed by atoms with Crippen LogP contribution in [0, 0.1) is 13.8 Å². The standard InChI is InChI=1S/C22H26N4O2S/c1-12-19-20(13(2)29-12)26(18-7-5-4-6-17(18)24-21(19)27)22(28)23-14-10-15-8-9-16(11-14)25(15)3/h4-7,14-16H,8-11H2,1-3H3,(H,23,28)(H,24,27). The van der Waals surface area contributed by atoms with Crippen LogP contribution in [0.25, 0.3) is 0 Å². The average Bonchev–Trinajstić information content (AvgIpc) is 3.01. The van der Waals surface area contributed by atoms with Gasteiger partial charge in [0.1, 0.15) is 0 Å². The van der Waals surface area contributed by atoms with Crippen LogP contribution in [0.1, 0.15) is 45.8 Å². The van der Waals surface area contributed by atoms with Gasteiger partial charge in [-0.25, -0.2) is 4.79 Å². The van der Waals surface area contributed by atoms with E-state index in [1.165, 1.54) is 12.8 Å². The zero-order chi connectivity index (χ0) is 20.3. The zero-order valence-electron chi connectivity index (χ0n) is 17.0. The van der Waals surface area contributed by atoms with E-state index in [-0.39, 0.29) is 18.0 Å². The number of fused-ring (bicyclic) bond motifs is 4. The minimum atomic E-state index is -0.151. The second kappa shape index (κ2) is 6.85. The summed E-state index contributed by atoms with van der Waals surface area (Å²) in [7, 11) is 2.20. The van der Waals surface area contributed by atoms with Crippen LogP contribution < -0.4 is 15.5 Å². The second-order valence-electron chi connectivity index (χ2n) is 8.41. The van der Waals surface area contributed by atoms with Crippen LogP contribution in [-0.4, -0.2) is 42.0 Å². The first-order chi connectivity index (χ1) is 13.9. The van der Waals surface area contributed by atoms with Gasteiger partial charge >= 0.3 is 6.03 Å². The van der Waals surface area contributed by atoms with Crippen molar-refractivity contribution < 1.29 is 9.59 Å². The molecule has 2 fully saturated rings. The SMILES string of the molecule is Cc1sc(C)c2c1C(=O)Nc1ccccc1N2C(=O)NC1CC2CCC(C1)N2C. The Kier molecular flexibility index (Phi) is 4.40. The molecule has 3 aliphatic rings. The number of para-hydroxylation sites is 2. The Morgan fingerprint density at radius 3 is 2.55 bits per heavy atom. The summed E-state index contributed by atoms with van der Waals surface area (Å²) in [5.41, 5.74) is 2.69. The summed E-state index contributed by atoms with van der Waals surface area (Å²) in [6, 6.07) is 8.66. The predicted octanol–water partition coefficient (Wildman–Crippen LogP) is 4.40. The lowest BCUT2D eigenvalue weighted by atomic mass is 9.98. The molecule has 1 aromatic carbocycles. The molecule has 2 N–H and O–H groups in total. The summed E-state index contributed by atoms with van der Waals surface area (Å²) >= 11 is 1.56. The van der Waals surface area contributed by atoms with Crippen molar-refractivity contribution in [3.63, 3.8) is 0 Å². The summed E-state index contributed by atoms with van der Waals surface area (Å²) in [6.07, 6.45) is 4.40. The fourth-order valence-electron chi connectivity index (χ4n) is 5.27. The Morgan fingerprint density at radius 2 is 1.83 bits per heavy atom. The van der Waals surface area contributed by atoms with Gasteiger partial charge < -0.3 is 15.5 Å². The number of urea groups is 1. The molecule has 0 spiro atoms. The van der Waals surface area contributed by atoms with Crippen LogP contribution >= 0.6 is 11.3 Å². The quantitative estimate of drug-likeness (QED) is 0.732. The van der Waals surface area contributed by atoms with Gasteiger partial charge in [-0.15, -0.1) is 11.3 Å². The van der Waals surface area contributed by atoms with E-state index < -0.39 is 0 Å². The molecule has 0 aliphatic carbocycles. The lowest BCUT2D eigenvalue weighted by Gasteiger charge is -2.37. The number of hydrogen-bond donors (Lipinski definition) is 2. The minimum Gasteiger partial charge on any atom is -0.335 e. The van der Waals surface area contributed by atoms with E-state index in [1.54, 1.807) is 16.2 Å². The molecule has 4 heterocycles. The van der Waals surface area contributed by atoms with Crippen LogP contribution in [0.2, 0.25) is 0 Å². The number of nitrogens with one attached hydrogen (secondary N) is 2. The number of hydrogen-bond acceptors (Lipinski definition) is 4. The van der Waals surface area contributed by atoms with Crippen LogP contribution in [0.4, 0.5) is 21.9 Å². The van der Waals surface area contributed by atoms with Crippen molar-refractivity contribution in [3.8, 4) is 0 Å². The van der Waals surface area contributed by atoms with Gasteiger partial charge in [0, 0.05) is 27.9 Å². The molecule has 2 atom stereocenters. The molecule has 0 saturated carbocycles. The maximum absolute atomic E-state index is 13.6. The van der Waals surface area contributed by atoms with E-state index in [0.717, 1.165) is 22.6 Å². The highest BCUT2D eigenvalue weighted by molar-refractivity contribution is 7.13. The van der Waals surface area contributed by atoms with Crippen molar-refractivity contribution in [1.29, 1.82) is 0 Å². The highest BCUT2D eigenvalue weighted by Gasteiger charge is 2.40. The number of thiophene rings is 1. The van der Waals surface area contributed by atoms with Crippen molar-refractivity contribution in [2.24, 2.45) is 0 Å². The molecule has 3 aliphatic heterocycles. The summed E-state index contributed by atoms with van der Waals surface area (Å²) in [6.45, 7) is 3.92. The molecule has 2 saturated heterocycles. The third-order valence-electron chi connectivity index (χ3n) is 6.70. The lowest BCUT2D eigenvalue weighted by molar-refractivity contribution is 0.102. The molecular formula is C22H26N4O2S. The van der Waals surface area contributed by atoms with Gasteiger partial charge in [0.25, 0.3) is 5.91 Å². The van der Waals surface area contributed by atoms with Gasteiger partial charge in [-0.05, 0) is 58.7 Å². The Balaban J connectivity index is 1.53. The summed E-state index contributed by atoms with van der Waals surface area (Å²) in [5, 5.41) is 6.29. The van der Waals surface area contributed by atoms with Crippen molar-refractivity contribution >= 4 is 40.3 Å². The number of aryl methyl sites for hydroxylation is 2. The Hall–Kier alpha value is -2.38. The molecule has 152 valence electrons. The van der Waals surface area contributed by atoms with E-state index in [2.05, 4.69) is 22.6 Å². The monoisotopic (exact) mass is 410 g/mol. The van der Waals surface area contributed by atoms with Crippen molar-refractivity contribution in [2.45, 2.75) is 57.7 Å². The number of benzene rings is 1. The van der Waals surface area contributed by atoms with E-state index >= 15 is 0 Å². The number of carbonyl (C=O) groups is 2. The molecule has 2 unspecified atom stereocenters.